The highest BCUT2D eigenvalue weighted by molar-refractivity contribution is 6.30. The van der Waals surface area contributed by atoms with Gasteiger partial charge in [-0.2, -0.15) is 0 Å². The van der Waals surface area contributed by atoms with Crippen LogP contribution in [0.15, 0.2) is 24.3 Å². The number of carbonyl (C=O) groups is 3. The second kappa shape index (κ2) is 14.7. The molecule has 32 heavy (non-hydrogen) atoms. The third-order valence-electron chi connectivity index (χ3n) is 5.36. The largest absolute Gasteiger partial charge is 0.484 e. The molecular formula is C23H37ClN4O4. The molecule has 9 heteroatoms. The number of rotatable bonds is 11. The maximum absolute atomic E-state index is 11.6. The fourth-order valence-electron chi connectivity index (χ4n) is 3.13. The molecule has 0 atom stereocenters. The molecular weight excluding hydrogens is 432 g/mol. The highest BCUT2D eigenvalue weighted by Gasteiger charge is 2.40. The van der Waals surface area contributed by atoms with Crippen molar-refractivity contribution in [2.45, 2.75) is 40.0 Å². The fourth-order valence-corrected chi connectivity index (χ4v) is 3.26. The van der Waals surface area contributed by atoms with Gasteiger partial charge >= 0.3 is 0 Å². The first-order chi connectivity index (χ1) is 15.2. The van der Waals surface area contributed by atoms with Crippen molar-refractivity contribution in [3.63, 3.8) is 0 Å². The van der Waals surface area contributed by atoms with Crippen LogP contribution in [0, 0.1) is 5.92 Å². The van der Waals surface area contributed by atoms with Gasteiger partial charge in [0.1, 0.15) is 11.7 Å². The van der Waals surface area contributed by atoms with Gasteiger partial charge in [0.25, 0.3) is 17.7 Å². The maximum atomic E-state index is 11.6. The van der Waals surface area contributed by atoms with Crippen LogP contribution in [-0.4, -0.2) is 79.5 Å². The SMILES string of the molecule is CCCCC1C(=O)N(C)N(C)C1=O.CCN(CC)CCNC(=O)COc1ccc(Cl)cc1. The van der Waals surface area contributed by atoms with E-state index in [4.69, 9.17) is 16.3 Å². The van der Waals surface area contributed by atoms with E-state index in [-0.39, 0.29) is 24.3 Å². The molecule has 8 nitrogen and oxygen atoms in total. The Bertz CT molecular complexity index is 705. The molecule has 1 aliphatic rings. The van der Waals surface area contributed by atoms with E-state index in [1.54, 1.807) is 38.4 Å². The van der Waals surface area contributed by atoms with Crippen molar-refractivity contribution in [2.24, 2.45) is 5.92 Å². The van der Waals surface area contributed by atoms with Gasteiger partial charge in [-0.05, 0) is 43.8 Å². The minimum Gasteiger partial charge on any atom is -0.484 e. The maximum Gasteiger partial charge on any atom is 0.257 e. The predicted molar refractivity (Wildman–Crippen MR) is 126 cm³/mol. The molecule has 0 unspecified atom stereocenters. The number of ether oxygens (including phenoxy) is 1. The summed E-state index contributed by atoms with van der Waals surface area (Å²) >= 11 is 5.76. The predicted octanol–water partition coefficient (Wildman–Crippen LogP) is 2.82. The molecule has 1 aliphatic heterocycles. The number of nitrogens with zero attached hydrogens (tertiary/aromatic N) is 3. The van der Waals surface area contributed by atoms with Crippen molar-refractivity contribution in [1.29, 1.82) is 0 Å². The van der Waals surface area contributed by atoms with Gasteiger partial charge in [0.05, 0.1) is 0 Å². The standard InChI is InChI=1S/C14H21ClN2O2.C9H16N2O2/c1-3-17(4-2)10-9-16-14(18)11-19-13-7-5-12(15)6-8-13;1-4-5-6-7-8(12)10(2)11(3)9(7)13/h5-8H,3-4,9-11H2,1-2H3,(H,16,18);7H,4-6H2,1-3H3. The molecule has 1 aromatic rings. The number of hydrogen-bond donors (Lipinski definition) is 1. The summed E-state index contributed by atoms with van der Waals surface area (Å²) in [6.45, 7) is 9.78. The van der Waals surface area contributed by atoms with Crippen molar-refractivity contribution >= 4 is 29.3 Å². The Morgan fingerprint density at radius 1 is 1.06 bits per heavy atom. The third kappa shape index (κ3) is 9.04. The van der Waals surface area contributed by atoms with E-state index in [9.17, 15) is 14.4 Å². The second-order valence-corrected chi connectivity index (χ2v) is 7.97. The van der Waals surface area contributed by atoms with E-state index in [0.29, 0.717) is 23.7 Å². The number of halogens is 1. The van der Waals surface area contributed by atoms with E-state index in [1.165, 1.54) is 10.0 Å². The number of nitrogens with one attached hydrogen (secondary N) is 1. The zero-order chi connectivity index (χ0) is 24.1. The first-order valence-corrected chi connectivity index (χ1v) is 11.5. The zero-order valence-corrected chi connectivity index (χ0v) is 20.7. The van der Waals surface area contributed by atoms with Crippen molar-refractivity contribution in [2.75, 3.05) is 46.9 Å². The van der Waals surface area contributed by atoms with E-state index < -0.39 is 5.92 Å². The van der Waals surface area contributed by atoms with Gasteiger partial charge in [-0.3, -0.25) is 24.4 Å². The van der Waals surface area contributed by atoms with Crippen LogP contribution in [0.5, 0.6) is 5.75 Å². The zero-order valence-electron chi connectivity index (χ0n) is 19.9. The Hall–Kier alpha value is -2.32. The van der Waals surface area contributed by atoms with Crippen molar-refractivity contribution < 1.29 is 19.1 Å². The average Bonchev–Trinajstić information content (AvgIpc) is 2.98. The first-order valence-electron chi connectivity index (χ1n) is 11.2. The van der Waals surface area contributed by atoms with Crippen LogP contribution < -0.4 is 10.1 Å². The Balaban J connectivity index is 0.000000343. The Kier molecular flexibility index (Phi) is 12.7. The van der Waals surface area contributed by atoms with Crippen LogP contribution in [0.3, 0.4) is 0 Å². The average molecular weight is 469 g/mol. The van der Waals surface area contributed by atoms with Crippen LogP contribution >= 0.6 is 11.6 Å². The molecule has 180 valence electrons. The van der Waals surface area contributed by atoms with E-state index in [0.717, 1.165) is 32.5 Å². The lowest BCUT2D eigenvalue weighted by atomic mass is 10.0. The van der Waals surface area contributed by atoms with Crippen LogP contribution in [-0.2, 0) is 14.4 Å². The third-order valence-corrected chi connectivity index (χ3v) is 5.61. The van der Waals surface area contributed by atoms with Crippen LogP contribution in [0.25, 0.3) is 0 Å². The van der Waals surface area contributed by atoms with Crippen LogP contribution in [0.4, 0.5) is 0 Å². The molecule has 1 fully saturated rings. The molecule has 0 aliphatic carbocycles. The van der Waals surface area contributed by atoms with Crippen molar-refractivity contribution in [3.8, 4) is 5.75 Å². The quantitative estimate of drug-likeness (QED) is 0.505. The summed E-state index contributed by atoms with van der Waals surface area (Å²) in [6.07, 6.45) is 2.64. The molecule has 3 amide bonds. The van der Waals surface area contributed by atoms with Crippen molar-refractivity contribution in [3.05, 3.63) is 29.3 Å². The lowest BCUT2D eigenvalue weighted by Crippen LogP contribution is -2.36. The molecule has 0 radical (unpaired) electrons. The normalized spacial score (nSPS) is 14.0. The number of hydrogen-bond acceptors (Lipinski definition) is 5. The summed E-state index contributed by atoms with van der Waals surface area (Å²) in [5.74, 6) is -0.0257. The van der Waals surface area contributed by atoms with Crippen LogP contribution in [0.2, 0.25) is 5.02 Å². The summed E-state index contributed by atoms with van der Waals surface area (Å²) in [6, 6.07) is 6.95. The molecule has 1 aromatic carbocycles. The molecule has 1 N–H and O–H groups in total. The molecule has 0 bridgehead atoms. The van der Waals surface area contributed by atoms with Gasteiger partial charge < -0.3 is 15.0 Å². The monoisotopic (exact) mass is 468 g/mol. The molecule has 0 saturated carbocycles. The summed E-state index contributed by atoms with van der Waals surface area (Å²) in [4.78, 5) is 36.8. The molecule has 1 saturated heterocycles. The number of unbranched alkanes of at least 4 members (excludes halogenated alkanes) is 1. The molecule has 2 rings (SSSR count). The molecule has 0 spiro atoms. The number of likely N-dealkylation sites (N-methyl/N-ethyl adjacent to an activating group) is 1. The lowest BCUT2D eigenvalue weighted by molar-refractivity contribution is -0.141. The van der Waals surface area contributed by atoms with E-state index >= 15 is 0 Å². The number of hydrazine groups is 1. The van der Waals surface area contributed by atoms with Gasteiger partial charge in [-0.15, -0.1) is 0 Å². The van der Waals surface area contributed by atoms with Gasteiger partial charge in [-0.25, -0.2) is 0 Å². The lowest BCUT2D eigenvalue weighted by Gasteiger charge is -2.17. The van der Waals surface area contributed by atoms with E-state index in [1.807, 2.05) is 0 Å². The highest BCUT2D eigenvalue weighted by Crippen LogP contribution is 2.21. The first kappa shape index (κ1) is 27.7. The molecule has 1 heterocycles. The summed E-state index contributed by atoms with van der Waals surface area (Å²) < 4.78 is 5.35. The van der Waals surface area contributed by atoms with Gasteiger partial charge in [-0.1, -0.05) is 45.2 Å². The number of amides is 3. The summed E-state index contributed by atoms with van der Waals surface area (Å²) in [5, 5.41) is 6.26. The number of benzene rings is 1. The van der Waals surface area contributed by atoms with Crippen LogP contribution in [0.1, 0.15) is 40.0 Å². The van der Waals surface area contributed by atoms with E-state index in [2.05, 4.69) is 31.0 Å². The Morgan fingerprint density at radius 2 is 1.62 bits per heavy atom. The van der Waals surface area contributed by atoms with Gasteiger partial charge in [0.2, 0.25) is 0 Å². The minimum atomic E-state index is -0.421. The Morgan fingerprint density at radius 3 is 2.12 bits per heavy atom. The van der Waals surface area contributed by atoms with Crippen molar-refractivity contribution in [1.82, 2.24) is 20.2 Å². The smallest absolute Gasteiger partial charge is 0.257 e. The molecule has 0 aromatic heterocycles. The minimum absolute atomic E-state index is 0.0277. The second-order valence-electron chi connectivity index (χ2n) is 7.54. The summed E-state index contributed by atoms with van der Waals surface area (Å²) in [7, 11) is 3.26. The topological polar surface area (TPSA) is 82.2 Å². The van der Waals surface area contributed by atoms with Gasteiger partial charge in [0.15, 0.2) is 6.61 Å². The highest BCUT2D eigenvalue weighted by atomic mass is 35.5. The number of carbonyl (C=O) groups excluding carboxylic acids is 3. The summed E-state index contributed by atoms with van der Waals surface area (Å²) in [5.41, 5.74) is 0. The van der Waals surface area contributed by atoms with Gasteiger partial charge in [0, 0.05) is 32.2 Å². The Labute approximate surface area is 196 Å². The fraction of sp³-hybridized carbons (Fsp3) is 0.609.